The van der Waals surface area contributed by atoms with E-state index < -0.39 is 11.4 Å². The summed E-state index contributed by atoms with van der Waals surface area (Å²) in [4.78, 5) is 19.9. The highest BCUT2D eigenvalue weighted by molar-refractivity contribution is 9.10. The molecule has 5 heteroatoms. The van der Waals surface area contributed by atoms with Gasteiger partial charge in [-0.3, -0.25) is 9.79 Å². The molecule has 0 unspecified atom stereocenters. The maximum absolute atomic E-state index is 14.1. The van der Waals surface area contributed by atoms with E-state index in [9.17, 15) is 9.18 Å². The molecule has 0 spiro atoms. The van der Waals surface area contributed by atoms with Gasteiger partial charge in [0.15, 0.2) is 5.78 Å². The average molecular weight is 335 g/mol. The number of aliphatic imine (C=N–C) groups is 1. The molecule has 1 aromatic heterocycles. The van der Waals surface area contributed by atoms with Crippen molar-refractivity contribution >= 4 is 27.4 Å². The summed E-state index contributed by atoms with van der Waals surface area (Å²) in [5.41, 5.74) is 1.16. The van der Waals surface area contributed by atoms with E-state index in [-0.39, 0.29) is 11.3 Å². The second-order valence-electron chi connectivity index (χ2n) is 5.25. The van der Waals surface area contributed by atoms with Gasteiger partial charge in [-0.15, -0.1) is 0 Å². The van der Waals surface area contributed by atoms with Crippen LogP contribution in [0.25, 0.3) is 0 Å². The molecule has 20 heavy (non-hydrogen) atoms. The minimum absolute atomic E-state index is 0.125. The number of aromatic amines is 1. The first kappa shape index (κ1) is 13.2. The number of carbonyl (C=O) groups excluding carboxylic acids is 1. The Kier molecular flexibility index (Phi) is 2.90. The third kappa shape index (κ3) is 1.93. The summed E-state index contributed by atoms with van der Waals surface area (Å²) in [5, 5.41) is 0. The van der Waals surface area contributed by atoms with Crippen LogP contribution < -0.4 is 0 Å². The Labute approximate surface area is 124 Å². The summed E-state index contributed by atoms with van der Waals surface area (Å²) < 4.78 is 14.9. The van der Waals surface area contributed by atoms with Gasteiger partial charge in [-0.1, -0.05) is 12.1 Å². The molecule has 1 aromatic carbocycles. The van der Waals surface area contributed by atoms with E-state index in [4.69, 9.17) is 0 Å². The molecule has 3 nitrogen and oxygen atoms in total. The lowest BCUT2D eigenvalue weighted by Crippen LogP contribution is -2.37. The Morgan fingerprint density at radius 2 is 2.10 bits per heavy atom. The summed E-state index contributed by atoms with van der Waals surface area (Å²) in [5.74, 6) is -0.786. The average Bonchev–Trinajstić information content (AvgIpc) is 2.80. The molecule has 2 heterocycles. The fourth-order valence-electron chi connectivity index (χ4n) is 2.37. The van der Waals surface area contributed by atoms with Crippen molar-refractivity contribution in [2.45, 2.75) is 19.4 Å². The number of nitrogens with zero attached hydrogens (tertiary/aromatic N) is 1. The third-order valence-corrected chi connectivity index (χ3v) is 3.82. The van der Waals surface area contributed by atoms with Crippen LogP contribution in [0, 0.1) is 5.82 Å². The number of hydrogen-bond acceptors (Lipinski definition) is 2. The fraction of sp³-hybridized carbons (Fsp3) is 0.200. The van der Waals surface area contributed by atoms with Crippen LogP contribution in [0.2, 0.25) is 0 Å². The Morgan fingerprint density at radius 3 is 2.75 bits per heavy atom. The van der Waals surface area contributed by atoms with E-state index in [2.05, 4.69) is 25.9 Å². The summed E-state index contributed by atoms with van der Waals surface area (Å²) in [6.45, 7) is 3.40. The van der Waals surface area contributed by atoms with E-state index in [1.165, 1.54) is 6.07 Å². The van der Waals surface area contributed by atoms with Crippen molar-refractivity contribution < 1.29 is 9.18 Å². The van der Waals surface area contributed by atoms with Crippen LogP contribution in [0.3, 0.4) is 0 Å². The number of fused-ring (bicyclic) bond motifs is 1. The van der Waals surface area contributed by atoms with Gasteiger partial charge in [-0.05, 0) is 41.9 Å². The Hall–Kier alpha value is -1.75. The molecule has 0 bridgehead atoms. The number of H-pyrrole nitrogens is 1. The van der Waals surface area contributed by atoms with Crippen LogP contribution in [0.15, 0.2) is 40.1 Å². The quantitative estimate of drug-likeness (QED) is 0.848. The number of benzene rings is 1. The van der Waals surface area contributed by atoms with Crippen LogP contribution in [0.1, 0.15) is 35.3 Å². The molecule has 0 amide bonds. The highest BCUT2D eigenvalue weighted by Crippen LogP contribution is 2.31. The lowest BCUT2D eigenvalue weighted by atomic mass is 9.84. The van der Waals surface area contributed by atoms with Gasteiger partial charge >= 0.3 is 0 Å². The number of ketones is 1. The number of halogens is 2. The zero-order chi connectivity index (χ0) is 14.5. The smallest absolute Gasteiger partial charge is 0.193 e. The molecule has 1 aliphatic heterocycles. The minimum Gasteiger partial charge on any atom is -0.355 e. The highest BCUT2D eigenvalue weighted by atomic mass is 79.9. The predicted molar refractivity (Wildman–Crippen MR) is 78.9 cm³/mol. The third-order valence-electron chi connectivity index (χ3n) is 3.36. The van der Waals surface area contributed by atoms with Crippen LogP contribution in [0.5, 0.6) is 0 Å². The summed E-state index contributed by atoms with van der Waals surface area (Å²) >= 11 is 3.34. The lowest BCUT2D eigenvalue weighted by Gasteiger charge is -2.27. The summed E-state index contributed by atoms with van der Waals surface area (Å²) in [6, 6.07) is 6.49. The van der Waals surface area contributed by atoms with Crippen LogP contribution in [-0.4, -0.2) is 22.0 Å². The predicted octanol–water partition coefficient (Wildman–Crippen LogP) is 3.73. The molecular formula is C15H12BrFN2O. The van der Waals surface area contributed by atoms with E-state index in [1.807, 2.05) is 6.07 Å². The molecule has 3 rings (SSSR count). The van der Waals surface area contributed by atoms with Crippen molar-refractivity contribution in [3.8, 4) is 0 Å². The number of aromatic nitrogens is 1. The molecule has 102 valence electrons. The standard InChI is InChI=1S/C15H12BrFN2O/c1-15(2)14(20)12-9(4-3-5-10(12)17)13(19-15)8-6-11(16)18-7-8/h3-7,18H,1-2H3. The maximum atomic E-state index is 14.1. The van der Waals surface area contributed by atoms with Gasteiger partial charge in [0.05, 0.1) is 15.9 Å². The van der Waals surface area contributed by atoms with Gasteiger partial charge < -0.3 is 4.98 Å². The van der Waals surface area contributed by atoms with Crippen molar-refractivity contribution in [3.63, 3.8) is 0 Å². The van der Waals surface area contributed by atoms with Crippen LogP contribution in [0.4, 0.5) is 4.39 Å². The minimum atomic E-state index is -0.964. The highest BCUT2D eigenvalue weighted by Gasteiger charge is 2.37. The number of nitrogens with one attached hydrogen (secondary N) is 1. The van der Waals surface area contributed by atoms with Gasteiger partial charge in [0.25, 0.3) is 0 Å². The molecule has 0 aliphatic carbocycles. The maximum Gasteiger partial charge on any atom is 0.193 e. The van der Waals surface area contributed by atoms with Gasteiger partial charge in [0.2, 0.25) is 0 Å². The topological polar surface area (TPSA) is 45.2 Å². The molecule has 0 fully saturated rings. The zero-order valence-corrected chi connectivity index (χ0v) is 12.6. The first-order chi connectivity index (χ1) is 9.40. The SMILES string of the molecule is CC1(C)N=C(c2c[nH]c(Br)c2)c2cccc(F)c2C1=O. The van der Waals surface area contributed by atoms with Gasteiger partial charge in [0, 0.05) is 17.3 Å². The van der Waals surface area contributed by atoms with E-state index >= 15 is 0 Å². The number of Topliss-reactive ketones (excluding diaryl/α,β-unsaturated/α-hetero) is 1. The zero-order valence-electron chi connectivity index (χ0n) is 11.0. The fourth-order valence-corrected chi connectivity index (χ4v) is 2.73. The molecule has 0 saturated heterocycles. The Morgan fingerprint density at radius 1 is 1.35 bits per heavy atom. The van der Waals surface area contributed by atoms with E-state index in [1.54, 1.807) is 32.2 Å². The van der Waals surface area contributed by atoms with Crippen LogP contribution in [-0.2, 0) is 0 Å². The van der Waals surface area contributed by atoms with Crippen molar-refractivity contribution in [1.29, 1.82) is 0 Å². The van der Waals surface area contributed by atoms with Crippen molar-refractivity contribution in [1.82, 2.24) is 4.98 Å². The Balaban J connectivity index is 2.30. The van der Waals surface area contributed by atoms with E-state index in [0.717, 1.165) is 10.2 Å². The molecule has 0 saturated carbocycles. The second-order valence-corrected chi connectivity index (χ2v) is 6.10. The molecule has 0 atom stereocenters. The number of carbonyl (C=O) groups is 1. The van der Waals surface area contributed by atoms with E-state index in [0.29, 0.717) is 11.3 Å². The van der Waals surface area contributed by atoms with Gasteiger partial charge in [-0.2, -0.15) is 0 Å². The summed E-state index contributed by atoms with van der Waals surface area (Å²) in [7, 11) is 0. The van der Waals surface area contributed by atoms with Crippen molar-refractivity contribution in [2.24, 2.45) is 4.99 Å². The number of rotatable bonds is 1. The van der Waals surface area contributed by atoms with Crippen molar-refractivity contribution in [3.05, 3.63) is 57.6 Å². The number of hydrogen-bond donors (Lipinski definition) is 1. The molecule has 1 N–H and O–H groups in total. The molecule has 0 radical (unpaired) electrons. The van der Waals surface area contributed by atoms with Crippen molar-refractivity contribution in [2.75, 3.05) is 0 Å². The second kappa shape index (κ2) is 4.38. The Bertz CT molecular complexity index is 746. The van der Waals surface area contributed by atoms with Gasteiger partial charge in [0.1, 0.15) is 11.4 Å². The van der Waals surface area contributed by atoms with Gasteiger partial charge in [-0.25, -0.2) is 4.39 Å². The first-order valence-corrected chi connectivity index (χ1v) is 6.97. The molecule has 2 aromatic rings. The lowest BCUT2D eigenvalue weighted by molar-refractivity contribution is 0.0908. The monoisotopic (exact) mass is 334 g/mol. The molecule has 1 aliphatic rings. The first-order valence-electron chi connectivity index (χ1n) is 6.18. The summed E-state index contributed by atoms with van der Waals surface area (Å²) in [6.07, 6.45) is 1.78. The van der Waals surface area contributed by atoms with Crippen LogP contribution >= 0.6 is 15.9 Å². The molecular weight excluding hydrogens is 323 g/mol. The normalized spacial score (nSPS) is 16.8. The largest absolute Gasteiger partial charge is 0.355 e.